The second-order valence-electron chi connectivity index (χ2n) is 5.46. The van der Waals surface area contributed by atoms with Crippen LogP contribution in [-0.2, 0) is 4.79 Å². The van der Waals surface area contributed by atoms with Gasteiger partial charge >= 0.3 is 0 Å². The van der Waals surface area contributed by atoms with Gasteiger partial charge in [-0.2, -0.15) is 0 Å². The molecule has 1 heterocycles. The maximum Gasteiger partial charge on any atom is 0.246 e. The number of likely N-dealkylation sites (tertiary alicyclic amines) is 1. The predicted octanol–water partition coefficient (Wildman–Crippen LogP) is 3.89. The molecule has 3 heteroatoms. The molecule has 1 amide bonds. The number of ether oxygens (including phenoxy) is 1. The number of hydrogen-bond donors (Lipinski definition) is 0. The summed E-state index contributed by atoms with van der Waals surface area (Å²) in [5, 5.41) is 0. The van der Waals surface area contributed by atoms with Crippen molar-refractivity contribution >= 4 is 12.0 Å². The summed E-state index contributed by atoms with van der Waals surface area (Å²) < 4.78 is 5.71. The lowest BCUT2D eigenvalue weighted by Crippen LogP contribution is -2.30. The number of nitrogens with zero attached hydrogens (tertiary/aromatic N) is 1. The van der Waals surface area contributed by atoms with Gasteiger partial charge in [0.15, 0.2) is 0 Å². The third kappa shape index (κ3) is 4.92. The van der Waals surface area contributed by atoms with Crippen LogP contribution in [0.2, 0.25) is 0 Å². The Morgan fingerprint density at radius 2 is 1.90 bits per heavy atom. The molecule has 0 aromatic heterocycles. The lowest BCUT2D eigenvalue weighted by molar-refractivity contribution is -0.125. The molecule has 0 atom stereocenters. The molecule has 0 bridgehead atoms. The second kappa shape index (κ2) is 8.50. The van der Waals surface area contributed by atoms with E-state index in [1.165, 1.54) is 12.8 Å². The number of carbonyl (C=O) groups is 1. The molecule has 0 saturated carbocycles. The molecule has 21 heavy (non-hydrogen) atoms. The quantitative estimate of drug-likeness (QED) is 0.769. The van der Waals surface area contributed by atoms with Crippen LogP contribution in [0.5, 0.6) is 5.75 Å². The fourth-order valence-corrected chi connectivity index (χ4v) is 2.52. The van der Waals surface area contributed by atoms with Gasteiger partial charge in [0.25, 0.3) is 0 Å². The van der Waals surface area contributed by atoms with E-state index in [9.17, 15) is 4.79 Å². The molecule has 0 unspecified atom stereocenters. The van der Waals surface area contributed by atoms with Crippen LogP contribution < -0.4 is 4.74 Å². The van der Waals surface area contributed by atoms with E-state index in [1.807, 2.05) is 35.2 Å². The summed E-state index contributed by atoms with van der Waals surface area (Å²) >= 11 is 0. The van der Waals surface area contributed by atoms with E-state index in [0.717, 1.165) is 43.7 Å². The summed E-state index contributed by atoms with van der Waals surface area (Å²) in [6.45, 7) is 4.56. The van der Waals surface area contributed by atoms with Crippen LogP contribution in [0.15, 0.2) is 30.3 Å². The molecule has 2 rings (SSSR count). The van der Waals surface area contributed by atoms with Gasteiger partial charge in [0.2, 0.25) is 5.91 Å². The van der Waals surface area contributed by atoms with Gasteiger partial charge in [-0.25, -0.2) is 0 Å². The molecule has 3 nitrogen and oxygen atoms in total. The molecule has 1 aliphatic rings. The molecule has 1 aromatic carbocycles. The lowest BCUT2D eigenvalue weighted by Gasteiger charge is -2.18. The Bertz CT molecular complexity index is 474. The van der Waals surface area contributed by atoms with Crippen molar-refractivity contribution in [3.63, 3.8) is 0 Å². The van der Waals surface area contributed by atoms with Crippen LogP contribution in [0, 0.1) is 0 Å². The molecule has 1 aromatic rings. The number of carbonyl (C=O) groups excluding carboxylic acids is 1. The first-order valence-corrected chi connectivity index (χ1v) is 8.00. The average Bonchev–Trinajstić information content (AvgIpc) is 2.80. The van der Waals surface area contributed by atoms with Gasteiger partial charge in [-0.1, -0.05) is 38.0 Å². The number of amides is 1. The van der Waals surface area contributed by atoms with E-state index >= 15 is 0 Å². The molecular formula is C18H25NO2. The Kier molecular flexibility index (Phi) is 6.32. The largest absolute Gasteiger partial charge is 0.493 e. The van der Waals surface area contributed by atoms with Crippen molar-refractivity contribution in [3.05, 3.63) is 35.9 Å². The van der Waals surface area contributed by atoms with Crippen LogP contribution in [0.25, 0.3) is 6.08 Å². The van der Waals surface area contributed by atoms with Crippen molar-refractivity contribution in [2.24, 2.45) is 0 Å². The van der Waals surface area contributed by atoms with Gasteiger partial charge in [-0.3, -0.25) is 4.79 Å². The first-order chi connectivity index (χ1) is 10.3. The molecule has 1 saturated heterocycles. The number of para-hydroxylation sites is 1. The smallest absolute Gasteiger partial charge is 0.246 e. The minimum absolute atomic E-state index is 0.113. The van der Waals surface area contributed by atoms with Crippen molar-refractivity contribution in [1.29, 1.82) is 0 Å². The van der Waals surface area contributed by atoms with E-state index in [-0.39, 0.29) is 5.91 Å². The Labute approximate surface area is 127 Å². The highest BCUT2D eigenvalue weighted by Crippen LogP contribution is 2.20. The SMILES string of the molecule is CCCOc1ccccc1/C=C/C(=O)N1CCCCCC1. The van der Waals surface area contributed by atoms with Crippen LogP contribution in [0.4, 0.5) is 0 Å². The third-order valence-corrected chi connectivity index (χ3v) is 3.70. The predicted molar refractivity (Wildman–Crippen MR) is 86.3 cm³/mol. The second-order valence-corrected chi connectivity index (χ2v) is 5.46. The fraction of sp³-hybridized carbons (Fsp3) is 0.500. The summed E-state index contributed by atoms with van der Waals surface area (Å²) in [7, 11) is 0. The minimum atomic E-state index is 0.113. The van der Waals surface area contributed by atoms with Gasteiger partial charge in [0.05, 0.1) is 6.61 Å². The average molecular weight is 287 g/mol. The zero-order valence-electron chi connectivity index (χ0n) is 12.9. The van der Waals surface area contributed by atoms with Gasteiger partial charge < -0.3 is 9.64 Å². The first-order valence-electron chi connectivity index (χ1n) is 8.00. The van der Waals surface area contributed by atoms with Crippen molar-refractivity contribution < 1.29 is 9.53 Å². The number of hydrogen-bond acceptors (Lipinski definition) is 2. The van der Waals surface area contributed by atoms with Crippen LogP contribution in [0.3, 0.4) is 0 Å². The molecule has 0 N–H and O–H groups in total. The van der Waals surface area contributed by atoms with E-state index < -0.39 is 0 Å². The van der Waals surface area contributed by atoms with Crippen molar-refractivity contribution in [2.75, 3.05) is 19.7 Å². The monoisotopic (exact) mass is 287 g/mol. The number of benzene rings is 1. The molecule has 1 fully saturated rings. The van der Waals surface area contributed by atoms with Crippen molar-refractivity contribution in [2.45, 2.75) is 39.0 Å². The normalized spacial score (nSPS) is 16.0. The van der Waals surface area contributed by atoms with Gasteiger partial charge in [-0.05, 0) is 31.4 Å². The molecule has 1 aliphatic heterocycles. The molecule has 114 valence electrons. The van der Waals surface area contributed by atoms with Crippen molar-refractivity contribution in [3.8, 4) is 5.75 Å². The fourth-order valence-electron chi connectivity index (χ4n) is 2.52. The summed E-state index contributed by atoms with van der Waals surface area (Å²) in [5.74, 6) is 0.960. The molecule has 0 spiro atoms. The Balaban J connectivity index is 2.00. The highest BCUT2D eigenvalue weighted by molar-refractivity contribution is 5.92. The zero-order valence-corrected chi connectivity index (χ0v) is 12.9. The number of rotatable bonds is 5. The highest BCUT2D eigenvalue weighted by atomic mass is 16.5. The highest BCUT2D eigenvalue weighted by Gasteiger charge is 2.12. The molecule has 0 aliphatic carbocycles. The minimum Gasteiger partial charge on any atom is -0.493 e. The van der Waals surface area contributed by atoms with E-state index in [1.54, 1.807) is 6.08 Å². The van der Waals surface area contributed by atoms with E-state index in [4.69, 9.17) is 4.74 Å². The zero-order chi connectivity index (χ0) is 14.9. The maximum atomic E-state index is 12.2. The first kappa shape index (κ1) is 15.6. The van der Waals surface area contributed by atoms with Crippen LogP contribution in [0.1, 0.15) is 44.6 Å². The molecular weight excluding hydrogens is 262 g/mol. The summed E-state index contributed by atoms with van der Waals surface area (Å²) in [6, 6.07) is 7.86. The maximum absolute atomic E-state index is 12.2. The van der Waals surface area contributed by atoms with Crippen molar-refractivity contribution in [1.82, 2.24) is 4.90 Å². The van der Waals surface area contributed by atoms with E-state index in [0.29, 0.717) is 6.61 Å². The Morgan fingerprint density at radius 3 is 2.62 bits per heavy atom. The third-order valence-electron chi connectivity index (χ3n) is 3.70. The summed E-state index contributed by atoms with van der Waals surface area (Å²) in [6.07, 6.45) is 9.25. The summed E-state index contributed by atoms with van der Waals surface area (Å²) in [5.41, 5.74) is 0.967. The van der Waals surface area contributed by atoms with Gasteiger partial charge in [0, 0.05) is 24.7 Å². The Hall–Kier alpha value is -1.77. The van der Waals surface area contributed by atoms with Gasteiger partial charge in [0.1, 0.15) is 5.75 Å². The van der Waals surface area contributed by atoms with Crippen LogP contribution >= 0.6 is 0 Å². The lowest BCUT2D eigenvalue weighted by atomic mass is 10.2. The van der Waals surface area contributed by atoms with E-state index in [2.05, 4.69) is 6.92 Å². The van der Waals surface area contributed by atoms with Gasteiger partial charge in [-0.15, -0.1) is 0 Å². The summed E-state index contributed by atoms with van der Waals surface area (Å²) in [4.78, 5) is 14.2. The standard InChI is InChI=1S/C18H25NO2/c1-2-15-21-17-10-6-5-9-16(17)11-12-18(20)19-13-7-3-4-8-14-19/h5-6,9-12H,2-4,7-8,13-15H2,1H3/b12-11+. The Morgan fingerprint density at radius 1 is 1.19 bits per heavy atom. The topological polar surface area (TPSA) is 29.5 Å². The van der Waals surface area contributed by atoms with Crippen LogP contribution in [-0.4, -0.2) is 30.5 Å². The molecule has 0 radical (unpaired) electrons.